The minimum atomic E-state index is 0.709. The highest BCUT2D eigenvalue weighted by molar-refractivity contribution is 7.16. The Morgan fingerprint density at radius 2 is 2.24 bits per heavy atom. The Hall–Kier alpha value is -1.53. The second kappa shape index (κ2) is 4.38. The fraction of sp³-hybridized carbons (Fsp3) is 0.182. The number of thiophene rings is 1. The molecule has 0 fully saturated rings. The molecule has 0 atom stereocenters. The van der Waals surface area contributed by atoms with Gasteiger partial charge in [-0.05, 0) is 18.4 Å². The lowest BCUT2D eigenvalue weighted by Gasteiger charge is -2.03. The summed E-state index contributed by atoms with van der Waals surface area (Å²) in [7, 11) is 0. The first-order valence-electron chi connectivity index (χ1n) is 5.16. The van der Waals surface area contributed by atoms with Crippen molar-refractivity contribution in [3.63, 3.8) is 0 Å². The smallest absolute Gasteiger partial charge is 0.138 e. The molecule has 0 spiro atoms. The first-order valence-corrected chi connectivity index (χ1v) is 6.92. The highest BCUT2D eigenvalue weighted by Crippen LogP contribution is 2.24. The number of hydrogen-bond donors (Lipinski definition) is 1. The zero-order valence-electron chi connectivity index (χ0n) is 9.17. The number of nitrogens with one attached hydrogen (secondary N) is 1. The molecule has 0 amide bonds. The van der Waals surface area contributed by atoms with Gasteiger partial charge in [0.1, 0.15) is 22.0 Å². The third-order valence-corrected chi connectivity index (χ3v) is 4.12. The molecule has 1 N–H and O–H groups in total. The van der Waals surface area contributed by atoms with Gasteiger partial charge in [0.2, 0.25) is 0 Å². The Kier molecular flexibility index (Phi) is 2.74. The van der Waals surface area contributed by atoms with E-state index in [4.69, 9.17) is 0 Å². The first-order chi connectivity index (χ1) is 8.33. The van der Waals surface area contributed by atoms with Crippen molar-refractivity contribution in [2.24, 2.45) is 0 Å². The maximum Gasteiger partial charge on any atom is 0.138 e. The molecule has 0 saturated carbocycles. The summed E-state index contributed by atoms with van der Waals surface area (Å²) in [6, 6.07) is 2.04. The normalized spacial score (nSPS) is 10.9. The number of aryl methyl sites for hydroxylation is 1. The molecule has 17 heavy (non-hydrogen) atoms. The largest absolute Gasteiger partial charge is 0.363 e. The van der Waals surface area contributed by atoms with E-state index in [9.17, 15) is 0 Å². The summed E-state index contributed by atoms with van der Waals surface area (Å²) in [5.74, 6) is 0.879. The van der Waals surface area contributed by atoms with Gasteiger partial charge in [0, 0.05) is 11.1 Å². The van der Waals surface area contributed by atoms with E-state index in [0.29, 0.717) is 6.54 Å². The van der Waals surface area contributed by atoms with Crippen LogP contribution < -0.4 is 5.32 Å². The number of hydrogen-bond acceptors (Lipinski definition) is 6. The Balaban J connectivity index is 1.83. The van der Waals surface area contributed by atoms with Crippen LogP contribution in [-0.4, -0.2) is 15.0 Å². The van der Waals surface area contributed by atoms with Gasteiger partial charge in [-0.25, -0.2) is 15.0 Å². The minimum absolute atomic E-state index is 0.709. The van der Waals surface area contributed by atoms with E-state index in [2.05, 4.69) is 25.6 Å². The lowest BCUT2D eigenvalue weighted by molar-refractivity contribution is 1.06. The zero-order chi connectivity index (χ0) is 11.7. The molecule has 3 aromatic rings. The van der Waals surface area contributed by atoms with Gasteiger partial charge < -0.3 is 5.32 Å². The van der Waals surface area contributed by atoms with E-state index in [1.165, 1.54) is 0 Å². The van der Waals surface area contributed by atoms with E-state index >= 15 is 0 Å². The van der Waals surface area contributed by atoms with Gasteiger partial charge in [-0.1, -0.05) is 0 Å². The number of thiazole rings is 1. The summed E-state index contributed by atoms with van der Waals surface area (Å²) in [5.41, 5.74) is 1.06. The van der Waals surface area contributed by atoms with Crippen molar-refractivity contribution in [1.82, 2.24) is 15.0 Å². The molecule has 0 aliphatic heterocycles. The Labute approximate surface area is 106 Å². The molecule has 6 heteroatoms. The molecule has 0 aromatic carbocycles. The van der Waals surface area contributed by atoms with Gasteiger partial charge >= 0.3 is 0 Å². The van der Waals surface area contributed by atoms with E-state index in [0.717, 1.165) is 26.7 Å². The predicted molar refractivity (Wildman–Crippen MR) is 71.6 cm³/mol. The van der Waals surface area contributed by atoms with Crippen molar-refractivity contribution in [3.05, 3.63) is 33.9 Å². The summed E-state index contributed by atoms with van der Waals surface area (Å²) in [6.07, 6.45) is 1.59. The van der Waals surface area contributed by atoms with Crippen LogP contribution in [0.5, 0.6) is 0 Å². The van der Waals surface area contributed by atoms with Gasteiger partial charge in [-0.15, -0.1) is 22.7 Å². The number of rotatable bonds is 3. The monoisotopic (exact) mass is 262 g/mol. The molecular weight excluding hydrogens is 252 g/mol. The van der Waals surface area contributed by atoms with E-state index < -0.39 is 0 Å². The van der Waals surface area contributed by atoms with Crippen LogP contribution in [0.2, 0.25) is 0 Å². The maximum absolute atomic E-state index is 4.41. The average Bonchev–Trinajstić information content (AvgIpc) is 2.94. The van der Waals surface area contributed by atoms with Crippen LogP contribution in [0, 0.1) is 6.92 Å². The number of anilines is 1. The Morgan fingerprint density at radius 3 is 3.06 bits per heavy atom. The Bertz CT molecular complexity index is 644. The van der Waals surface area contributed by atoms with Crippen LogP contribution >= 0.6 is 22.7 Å². The van der Waals surface area contributed by atoms with Gasteiger partial charge in [-0.2, -0.15) is 0 Å². The van der Waals surface area contributed by atoms with Crippen molar-refractivity contribution in [2.75, 3.05) is 5.32 Å². The van der Waals surface area contributed by atoms with Crippen LogP contribution in [0.15, 0.2) is 23.2 Å². The van der Waals surface area contributed by atoms with Crippen LogP contribution in [0.3, 0.4) is 0 Å². The van der Waals surface area contributed by atoms with Gasteiger partial charge in [-0.3, -0.25) is 0 Å². The molecule has 0 radical (unpaired) electrons. The molecule has 3 rings (SSSR count). The lowest BCUT2D eigenvalue weighted by Crippen LogP contribution is -2.01. The molecule has 0 unspecified atom stereocenters. The molecule has 86 valence electrons. The quantitative estimate of drug-likeness (QED) is 0.788. The van der Waals surface area contributed by atoms with Gasteiger partial charge in [0.25, 0.3) is 0 Å². The van der Waals surface area contributed by atoms with Crippen LogP contribution in [0.4, 0.5) is 5.82 Å². The fourth-order valence-electron chi connectivity index (χ4n) is 1.57. The highest BCUT2D eigenvalue weighted by Gasteiger charge is 2.05. The van der Waals surface area contributed by atoms with Crippen LogP contribution in [0.1, 0.15) is 10.7 Å². The lowest BCUT2D eigenvalue weighted by atomic mass is 10.4. The second-order valence-corrected chi connectivity index (χ2v) is 5.44. The predicted octanol–water partition coefficient (Wildman–Crippen LogP) is 3.07. The second-order valence-electron chi connectivity index (χ2n) is 3.60. The standard InChI is InChI=1S/C11H10N4S2/c1-7-5-17-9(15-7)4-12-10-8-2-3-16-11(8)14-6-13-10/h2-3,5-6H,4H2,1H3,(H,12,13,14). The summed E-state index contributed by atoms with van der Waals surface area (Å²) < 4.78 is 0. The molecule has 0 saturated heterocycles. The molecule has 0 aliphatic carbocycles. The Morgan fingerprint density at radius 1 is 1.29 bits per heavy atom. The maximum atomic E-state index is 4.41. The first kappa shape index (κ1) is 10.6. The molecular formula is C11H10N4S2. The SMILES string of the molecule is Cc1csc(CNc2ncnc3sccc23)n1. The highest BCUT2D eigenvalue weighted by atomic mass is 32.1. The van der Waals surface area contributed by atoms with Crippen molar-refractivity contribution in [2.45, 2.75) is 13.5 Å². The van der Waals surface area contributed by atoms with Crippen molar-refractivity contribution in [3.8, 4) is 0 Å². The molecule has 0 bridgehead atoms. The van der Waals surface area contributed by atoms with E-state index in [1.54, 1.807) is 29.0 Å². The number of fused-ring (bicyclic) bond motifs is 1. The third-order valence-electron chi connectivity index (χ3n) is 2.34. The number of nitrogens with zero attached hydrogens (tertiary/aromatic N) is 3. The summed E-state index contributed by atoms with van der Waals surface area (Å²) in [6.45, 7) is 2.71. The van der Waals surface area contributed by atoms with Crippen molar-refractivity contribution >= 4 is 38.7 Å². The molecule has 3 heterocycles. The van der Waals surface area contributed by atoms with Crippen LogP contribution in [-0.2, 0) is 6.54 Å². The molecule has 0 aliphatic rings. The third kappa shape index (κ3) is 2.13. The molecule has 4 nitrogen and oxygen atoms in total. The van der Waals surface area contributed by atoms with Crippen molar-refractivity contribution in [1.29, 1.82) is 0 Å². The van der Waals surface area contributed by atoms with Crippen molar-refractivity contribution < 1.29 is 0 Å². The summed E-state index contributed by atoms with van der Waals surface area (Å²) in [4.78, 5) is 13.9. The summed E-state index contributed by atoms with van der Waals surface area (Å²) >= 11 is 3.28. The van der Waals surface area contributed by atoms with Crippen LogP contribution in [0.25, 0.3) is 10.2 Å². The van der Waals surface area contributed by atoms with E-state index in [-0.39, 0.29) is 0 Å². The van der Waals surface area contributed by atoms with Gasteiger partial charge in [0.15, 0.2) is 0 Å². The summed E-state index contributed by atoms with van der Waals surface area (Å²) in [5, 5.41) is 9.53. The number of aromatic nitrogens is 3. The fourth-order valence-corrected chi connectivity index (χ4v) is 3.02. The molecule has 3 aromatic heterocycles. The minimum Gasteiger partial charge on any atom is -0.363 e. The van der Waals surface area contributed by atoms with Gasteiger partial charge in [0.05, 0.1) is 11.9 Å². The zero-order valence-corrected chi connectivity index (χ0v) is 10.8. The van der Waals surface area contributed by atoms with E-state index in [1.807, 2.05) is 18.4 Å². The topological polar surface area (TPSA) is 50.7 Å². The average molecular weight is 262 g/mol.